The fourth-order valence-corrected chi connectivity index (χ4v) is 5.84. The Morgan fingerprint density at radius 2 is 1.70 bits per heavy atom. The zero-order chi connectivity index (χ0) is 24.1. The highest BCUT2D eigenvalue weighted by Gasteiger charge is 2.55. The van der Waals surface area contributed by atoms with Gasteiger partial charge in [0.25, 0.3) is 0 Å². The van der Waals surface area contributed by atoms with Crippen molar-refractivity contribution < 1.29 is 24.1 Å². The highest BCUT2D eigenvalue weighted by atomic mass is 16.5. The highest BCUT2D eigenvalue weighted by molar-refractivity contribution is 5.94. The van der Waals surface area contributed by atoms with Gasteiger partial charge in [-0.25, -0.2) is 4.79 Å². The van der Waals surface area contributed by atoms with Gasteiger partial charge in [-0.05, 0) is 87.1 Å². The van der Waals surface area contributed by atoms with Gasteiger partial charge in [-0.15, -0.1) is 0 Å². The lowest BCUT2D eigenvalue weighted by atomic mass is 9.73. The summed E-state index contributed by atoms with van der Waals surface area (Å²) in [6, 6.07) is 7.75. The molecule has 176 valence electrons. The second-order valence-corrected chi connectivity index (χ2v) is 9.15. The maximum atomic E-state index is 13.6. The number of hydrogen-bond donors (Lipinski definition) is 1. The Labute approximate surface area is 195 Å². The number of carbonyl (C=O) groups is 1. The van der Waals surface area contributed by atoms with E-state index < -0.39 is 5.54 Å². The van der Waals surface area contributed by atoms with Gasteiger partial charge in [-0.1, -0.05) is 13.0 Å². The molecule has 0 radical (unpaired) electrons. The molecule has 0 spiro atoms. The van der Waals surface area contributed by atoms with Crippen molar-refractivity contribution in [3.05, 3.63) is 58.2 Å². The number of hydrogen-bond acceptors (Lipinski definition) is 6. The fraction of sp³-hybridized carbons (Fsp3) is 0.444. The van der Waals surface area contributed by atoms with Crippen LogP contribution in [-0.2, 0) is 16.8 Å². The van der Waals surface area contributed by atoms with Crippen LogP contribution >= 0.6 is 0 Å². The van der Waals surface area contributed by atoms with Crippen LogP contribution in [0.1, 0.15) is 49.4 Å². The van der Waals surface area contributed by atoms with E-state index in [0.29, 0.717) is 40.4 Å². The smallest absolute Gasteiger partial charge is 0.341 e. The predicted molar refractivity (Wildman–Crippen MR) is 127 cm³/mol. The summed E-state index contributed by atoms with van der Waals surface area (Å²) < 4.78 is 17.1. The Morgan fingerprint density at radius 1 is 1.09 bits per heavy atom. The minimum Gasteiger partial charge on any atom is -0.507 e. The van der Waals surface area contributed by atoms with Gasteiger partial charge in [0.05, 0.1) is 25.3 Å². The lowest BCUT2D eigenvalue weighted by Crippen LogP contribution is -2.56. The third kappa shape index (κ3) is 3.48. The Kier molecular flexibility index (Phi) is 5.91. The van der Waals surface area contributed by atoms with E-state index in [1.54, 1.807) is 40.2 Å². The Bertz CT molecular complexity index is 1110. The SMILES string of the molecule is CCC12C(C(=O)Oc3cc(C)c(O)c(C)c3)=CC(C)N1C(C)Cc1cc(OC)c(OC)cc12. The van der Waals surface area contributed by atoms with E-state index in [0.717, 1.165) is 17.5 Å². The largest absolute Gasteiger partial charge is 0.507 e. The number of carbonyl (C=O) groups excluding carboxylic acids is 1. The van der Waals surface area contributed by atoms with Gasteiger partial charge in [-0.2, -0.15) is 0 Å². The summed E-state index contributed by atoms with van der Waals surface area (Å²) in [7, 11) is 3.27. The van der Waals surface area contributed by atoms with E-state index in [1.165, 1.54) is 0 Å². The minimum absolute atomic E-state index is 0.0760. The third-order valence-electron chi connectivity index (χ3n) is 7.18. The molecule has 0 aliphatic carbocycles. The summed E-state index contributed by atoms with van der Waals surface area (Å²) in [5.41, 5.74) is 3.58. The molecule has 2 aromatic carbocycles. The van der Waals surface area contributed by atoms with Gasteiger partial charge in [0.15, 0.2) is 11.5 Å². The molecule has 6 nitrogen and oxygen atoms in total. The number of benzene rings is 2. The van der Waals surface area contributed by atoms with Crippen molar-refractivity contribution in [2.75, 3.05) is 14.2 Å². The Morgan fingerprint density at radius 3 is 2.27 bits per heavy atom. The number of nitrogens with zero attached hydrogens (tertiary/aromatic N) is 1. The number of esters is 1. The maximum absolute atomic E-state index is 13.6. The normalized spacial score (nSPS) is 24.0. The molecular formula is C27H33NO5. The van der Waals surface area contributed by atoms with Crippen molar-refractivity contribution in [3.8, 4) is 23.0 Å². The van der Waals surface area contributed by atoms with Gasteiger partial charge < -0.3 is 19.3 Å². The average Bonchev–Trinajstić information content (AvgIpc) is 3.10. The molecule has 2 heterocycles. The molecule has 33 heavy (non-hydrogen) atoms. The van der Waals surface area contributed by atoms with Gasteiger partial charge >= 0.3 is 5.97 Å². The molecule has 0 bridgehead atoms. The van der Waals surface area contributed by atoms with Crippen LogP contribution in [0.15, 0.2) is 35.9 Å². The molecular weight excluding hydrogens is 418 g/mol. The molecule has 3 atom stereocenters. The molecule has 2 aliphatic heterocycles. The maximum Gasteiger partial charge on any atom is 0.341 e. The van der Waals surface area contributed by atoms with Crippen molar-refractivity contribution in [3.63, 3.8) is 0 Å². The summed E-state index contributed by atoms with van der Waals surface area (Å²) in [4.78, 5) is 16.1. The monoisotopic (exact) mass is 451 g/mol. The van der Waals surface area contributed by atoms with Crippen molar-refractivity contribution in [1.29, 1.82) is 0 Å². The molecule has 3 unspecified atom stereocenters. The second-order valence-electron chi connectivity index (χ2n) is 9.15. The van der Waals surface area contributed by atoms with Crippen LogP contribution < -0.4 is 14.2 Å². The summed E-state index contributed by atoms with van der Waals surface area (Å²) >= 11 is 0. The lowest BCUT2D eigenvalue weighted by molar-refractivity contribution is -0.132. The fourth-order valence-electron chi connectivity index (χ4n) is 5.84. The van der Waals surface area contributed by atoms with E-state index in [1.807, 2.05) is 18.2 Å². The first-order valence-corrected chi connectivity index (χ1v) is 11.5. The molecule has 1 N–H and O–H groups in total. The number of rotatable bonds is 5. The standard InChI is InChI=1S/C27H33NO5/c1-8-27-21-14-24(32-7)23(31-6)13-19(21)11-17(4)28(27)18(5)12-22(27)26(30)33-20-9-15(2)25(29)16(3)10-20/h9-10,12-14,17-18,29H,8,11H2,1-7H3. The van der Waals surface area contributed by atoms with Gasteiger partial charge in [0.1, 0.15) is 11.5 Å². The van der Waals surface area contributed by atoms with Crippen molar-refractivity contribution in [1.82, 2.24) is 4.90 Å². The van der Waals surface area contributed by atoms with Crippen molar-refractivity contribution in [2.24, 2.45) is 0 Å². The third-order valence-corrected chi connectivity index (χ3v) is 7.18. The van der Waals surface area contributed by atoms with Gasteiger partial charge in [0, 0.05) is 12.1 Å². The summed E-state index contributed by atoms with van der Waals surface area (Å²) in [5, 5.41) is 10.1. The predicted octanol–water partition coefficient (Wildman–Crippen LogP) is 4.81. The Balaban J connectivity index is 1.83. The van der Waals surface area contributed by atoms with Crippen LogP contribution in [0.5, 0.6) is 23.0 Å². The number of ether oxygens (including phenoxy) is 3. The van der Waals surface area contributed by atoms with Crippen LogP contribution in [0.25, 0.3) is 0 Å². The number of methoxy groups -OCH3 is 2. The molecule has 0 saturated heterocycles. The molecule has 2 aliphatic rings. The molecule has 0 saturated carbocycles. The molecule has 2 aromatic rings. The summed E-state index contributed by atoms with van der Waals surface area (Å²) in [6.45, 7) is 10.0. The van der Waals surface area contributed by atoms with Crippen LogP contribution in [0.2, 0.25) is 0 Å². The highest BCUT2D eigenvalue weighted by Crippen LogP contribution is 2.53. The zero-order valence-corrected chi connectivity index (χ0v) is 20.5. The van der Waals surface area contributed by atoms with Crippen molar-refractivity contribution in [2.45, 2.75) is 65.1 Å². The zero-order valence-electron chi connectivity index (χ0n) is 20.5. The average molecular weight is 452 g/mol. The molecule has 4 rings (SSSR count). The lowest BCUT2D eigenvalue weighted by Gasteiger charge is -2.50. The first-order chi connectivity index (χ1) is 15.7. The topological polar surface area (TPSA) is 68.2 Å². The second kappa shape index (κ2) is 8.41. The van der Waals surface area contributed by atoms with Crippen molar-refractivity contribution >= 4 is 5.97 Å². The van der Waals surface area contributed by atoms with Crippen LogP contribution in [0, 0.1) is 13.8 Å². The van der Waals surface area contributed by atoms with Crippen LogP contribution in [-0.4, -0.2) is 42.3 Å². The quantitative estimate of drug-likeness (QED) is 0.520. The summed E-state index contributed by atoms with van der Waals surface area (Å²) in [5.74, 6) is 1.62. The minimum atomic E-state index is -0.621. The van der Waals surface area contributed by atoms with E-state index in [9.17, 15) is 9.90 Å². The Hall–Kier alpha value is -2.99. The summed E-state index contributed by atoms with van der Waals surface area (Å²) in [6.07, 6.45) is 3.60. The van der Waals surface area contributed by atoms with Crippen LogP contribution in [0.4, 0.5) is 0 Å². The van der Waals surface area contributed by atoms with E-state index in [2.05, 4.69) is 25.7 Å². The molecule has 6 heteroatoms. The molecule has 0 amide bonds. The number of phenols is 1. The number of phenolic OH excluding ortho intramolecular Hbond substituents is 1. The number of aromatic hydroxyl groups is 1. The number of fused-ring (bicyclic) bond motifs is 3. The first-order valence-electron chi connectivity index (χ1n) is 11.5. The molecule has 0 fully saturated rings. The first kappa shape index (κ1) is 23.2. The van der Waals surface area contributed by atoms with Gasteiger partial charge in [0.2, 0.25) is 0 Å². The number of aryl methyl sites for hydroxylation is 2. The van der Waals surface area contributed by atoms with Gasteiger partial charge in [-0.3, -0.25) is 4.90 Å². The van der Waals surface area contributed by atoms with Crippen LogP contribution in [0.3, 0.4) is 0 Å². The van der Waals surface area contributed by atoms with E-state index in [-0.39, 0.29) is 23.8 Å². The molecule has 0 aromatic heterocycles. The van der Waals surface area contributed by atoms with E-state index >= 15 is 0 Å². The van der Waals surface area contributed by atoms with E-state index in [4.69, 9.17) is 14.2 Å².